The van der Waals surface area contributed by atoms with Gasteiger partial charge in [-0.05, 0) is 43.7 Å². The lowest BCUT2D eigenvalue weighted by atomic mass is 10.1. The van der Waals surface area contributed by atoms with E-state index in [0.717, 1.165) is 11.1 Å². The SMILES string of the molecule is Cc1ccc(C(=O)N2CCN(c3cc(Cl)nc(SCC(=O)NCc4ccc5c(c4)OCO5)n3)CC2C)cc1. The largest absolute Gasteiger partial charge is 0.454 e. The number of carbonyl (C=O) groups is 2. The predicted octanol–water partition coefficient (Wildman–Crippen LogP) is 3.93. The van der Waals surface area contributed by atoms with Crippen LogP contribution in [0.25, 0.3) is 0 Å². The van der Waals surface area contributed by atoms with E-state index in [1.54, 1.807) is 6.07 Å². The third kappa shape index (κ3) is 6.14. The molecule has 198 valence electrons. The van der Waals surface area contributed by atoms with Crippen molar-refractivity contribution < 1.29 is 19.1 Å². The fourth-order valence-corrected chi connectivity index (χ4v) is 5.29. The molecular formula is C27H28ClN5O4S. The van der Waals surface area contributed by atoms with Gasteiger partial charge in [0.25, 0.3) is 5.91 Å². The van der Waals surface area contributed by atoms with Crippen molar-refractivity contribution in [3.8, 4) is 11.5 Å². The summed E-state index contributed by atoms with van der Waals surface area (Å²) in [6.07, 6.45) is 0. The Balaban J connectivity index is 1.15. The van der Waals surface area contributed by atoms with Crippen molar-refractivity contribution in [3.05, 3.63) is 70.4 Å². The van der Waals surface area contributed by atoms with Crippen LogP contribution in [0.2, 0.25) is 5.15 Å². The van der Waals surface area contributed by atoms with E-state index in [-0.39, 0.29) is 30.4 Å². The monoisotopic (exact) mass is 553 g/mol. The third-order valence-corrected chi connectivity index (χ3v) is 7.47. The summed E-state index contributed by atoms with van der Waals surface area (Å²) in [6.45, 7) is 6.43. The molecule has 2 aliphatic rings. The number of fused-ring (bicyclic) bond motifs is 1. The van der Waals surface area contributed by atoms with E-state index >= 15 is 0 Å². The van der Waals surface area contributed by atoms with Crippen molar-refractivity contribution in [1.29, 1.82) is 0 Å². The number of thioether (sulfide) groups is 1. The number of carbonyl (C=O) groups excluding carboxylic acids is 2. The van der Waals surface area contributed by atoms with E-state index in [4.69, 9.17) is 21.1 Å². The molecule has 1 atom stereocenters. The number of nitrogens with zero attached hydrogens (tertiary/aromatic N) is 4. The molecule has 0 spiro atoms. The summed E-state index contributed by atoms with van der Waals surface area (Å²) in [5.41, 5.74) is 2.73. The van der Waals surface area contributed by atoms with Gasteiger partial charge >= 0.3 is 0 Å². The first kappa shape index (κ1) is 26.1. The number of nitrogens with one attached hydrogen (secondary N) is 1. The van der Waals surface area contributed by atoms with E-state index in [1.807, 2.05) is 61.2 Å². The second-order valence-electron chi connectivity index (χ2n) is 9.24. The summed E-state index contributed by atoms with van der Waals surface area (Å²) in [5, 5.41) is 3.63. The van der Waals surface area contributed by atoms with Gasteiger partial charge in [-0.15, -0.1) is 0 Å². The molecule has 1 saturated heterocycles. The number of aromatic nitrogens is 2. The second-order valence-corrected chi connectivity index (χ2v) is 10.6. The van der Waals surface area contributed by atoms with Crippen LogP contribution in [0.3, 0.4) is 0 Å². The van der Waals surface area contributed by atoms with E-state index in [0.29, 0.717) is 59.4 Å². The Hall–Kier alpha value is -3.50. The molecule has 1 aromatic heterocycles. The summed E-state index contributed by atoms with van der Waals surface area (Å²) >= 11 is 7.53. The van der Waals surface area contributed by atoms with Crippen molar-refractivity contribution in [3.63, 3.8) is 0 Å². The number of amides is 2. The van der Waals surface area contributed by atoms with Gasteiger partial charge in [-0.1, -0.05) is 47.1 Å². The number of ether oxygens (including phenoxy) is 2. The molecule has 1 fully saturated rings. The summed E-state index contributed by atoms with van der Waals surface area (Å²) in [7, 11) is 0. The first-order valence-electron chi connectivity index (χ1n) is 12.3. The van der Waals surface area contributed by atoms with E-state index in [2.05, 4.69) is 20.2 Å². The van der Waals surface area contributed by atoms with E-state index in [1.165, 1.54) is 11.8 Å². The molecule has 38 heavy (non-hydrogen) atoms. The molecule has 2 aliphatic heterocycles. The van der Waals surface area contributed by atoms with Gasteiger partial charge in [0.05, 0.1) is 5.75 Å². The van der Waals surface area contributed by atoms with Crippen molar-refractivity contribution in [1.82, 2.24) is 20.2 Å². The molecule has 2 amide bonds. The molecule has 0 aliphatic carbocycles. The number of hydrogen-bond acceptors (Lipinski definition) is 8. The Morgan fingerprint density at radius 1 is 1.08 bits per heavy atom. The number of hydrogen-bond donors (Lipinski definition) is 1. The van der Waals surface area contributed by atoms with Crippen LogP contribution in [-0.2, 0) is 11.3 Å². The smallest absolute Gasteiger partial charge is 0.254 e. The second kappa shape index (κ2) is 11.5. The van der Waals surface area contributed by atoms with Crippen molar-refractivity contribution in [2.24, 2.45) is 0 Å². The zero-order valence-corrected chi connectivity index (χ0v) is 22.7. The van der Waals surface area contributed by atoms with Crippen molar-refractivity contribution >= 4 is 41.0 Å². The Morgan fingerprint density at radius 3 is 2.66 bits per heavy atom. The van der Waals surface area contributed by atoms with E-state index in [9.17, 15) is 9.59 Å². The van der Waals surface area contributed by atoms with Gasteiger partial charge in [0.15, 0.2) is 16.7 Å². The summed E-state index contributed by atoms with van der Waals surface area (Å²) in [5.74, 6) is 2.11. The molecule has 1 N–H and O–H groups in total. The van der Waals surface area contributed by atoms with Crippen molar-refractivity contribution in [2.45, 2.75) is 31.6 Å². The van der Waals surface area contributed by atoms with Crippen LogP contribution in [0.15, 0.2) is 53.7 Å². The normalized spacial score (nSPS) is 16.4. The number of halogens is 1. The number of anilines is 1. The maximum atomic E-state index is 13.0. The van der Waals surface area contributed by atoms with Gasteiger partial charge in [0.2, 0.25) is 12.7 Å². The molecule has 9 nitrogen and oxygen atoms in total. The first-order valence-corrected chi connectivity index (χ1v) is 13.7. The summed E-state index contributed by atoms with van der Waals surface area (Å²) in [6, 6.07) is 14.9. The molecule has 2 aromatic carbocycles. The standard InChI is InChI=1S/C27H28ClN5O4S/c1-17-3-6-20(7-4-17)26(35)33-10-9-32(14-18(33)2)24-12-23(28)30-27(31-24)38-15-25(34)29-13-19-5-8-21-22(11-19)37-16-36-21/h3-8,11-12,18H,9-10,13-16H2,1-2H3,(H,29,34). The van der Waals surface area contributed by atoms with Crippen molar-refractivity contribution in [2.75, 3.05) is 37.1 Å². The molecule has 0 saturated carbocycles. The van der Waals surface area contributed by atoms with Crippen LogP contribution in [0.5, 0.6) is 11.5 Å². The fraction of sp³-hybridized carbons (Fsp3) is 0.333. The topological polar surface area (TPSA) is 96.9 Å². The molecule has 0 radical (unpaired) electrons. The average molecular weight is 554 g/mol. The van der Waals surface area contributed by atoms with Crippen LogP contribution in [0.1, 0.15) is 28.4 Å². The quantitative estimate of drug-likeness (QED) is 0.267. The maximum absolute atomic E-state index is 13.0. The van der Waals surface area contributed by atoms with Gasteiger partial charge in [-0.2, -0.15) is 0 Å². The highest BCUT2D eigenvalue weighted by Crippen LogP contribution is 2.32. The minimum absolute atomic E-state index is 0.00986. The van der Waals surface area contributed by atoms with Crippen LogP contribution < -0.4 is 19.7 Å². The Labute approximate surface area is 230 Å². The van der Waals surface area contributed by atoms with E-state index < -0.39 is 0 Å². The van der Waals surface area contributed by atoms with Crippen LogP contribution in [-0.4, -0.2) is 64.9 Å². The highest BCUT2D eigenvalue weighted by Gasteiger charge is 2.29. The summed E-state index contributed by atoms with van der Waals surface area (Å²) in [4.78, 5) is 38.4. The molecule has 5 rings (SSSR count). The van der Waals surface area contributed by atoms with Gasteiger partial charge in [0, 0.05) is 43.9 Å². The third-order valence-electron chi connectivity index (χ3n) is 6.43. The van der Waals surface area contributed by atoms with Crippen LogP contribution in [0.4, 0.5) is 5.82 Å². The number of piperazine rings is 1. The van der Waals surface area contributed by atoms with Gasteiger partial charge in [-0.25, -0.2) is 9.97 Å². The minimum Gasteiger partial charge on any atom is -0.454 e. The lowest BCUT2D eigenvalue weighted by molar-refractivity contribution is -0.118. The fourth-order valence-electron chi connectivity index (χ4n) is 4.37. The Kier molecular flexibility index (Phi) is 7.90. The zero-order valence-electron chi connectivity index (χ0n) is 21.1. The number of aryl methyl sites for hydroxylation is 1. The Morgan fingerprint density at radius 2 is 1.87 bits per heavy atom. The minimum atomic E-state index is -0.144. The highest BCUT2D eigenvalue weighted by molar-refractivity contribution is 7.99. The predicted molar refractivity (Wildman–Crippen MR) is 146 cm³/mol. The lowest BCUT2D eigenvalue weighted by Crippen LogP contribution is -2.54. The molecule has 0 bridgehead atoms. The van der Waals surface area contributed by atoms with Crippen LogP contribution >= 0.6 is 23.4 Å². The number of benzene rings is 2. The van der Waals surface area contributed by atoms with Gasteiger partial charge < -0.3 is 24.6 Å². The highest BCUT2D eigenvalue weighted by atomic mass is 35.5. The maximum Gasteiger partial charge on any atom is 0.254 e. The summed E-state index contributed by atoms with van der Waals surface area (Å²) < 4.78 is 10.7. The molecule has 3 aromatic rings. The Bertz CT molecular complexity index is 1340. The molecule has 11 heteroatoms. The zero-order chi connectivity index (χ0) is 26.6. The first-order chi connectivity index (χ1) is 18.4. The molecule has 1 unspecified atom stereocenters. The molecular weight excluding hydrogens is 526 g/mol. The van der Waals surface area contributed by atoms with Crippen LogP contribution in [0, 0.1) is 6.92 Å². The molecule has 3 heterocycles. The lowest BCUT2D eigenvalue weighted by Gasteiger charge is -2.40. The number of rotatable bonds is 7. The van der Waals surface area contributed by atoms with Gasteiger partial charge in [0.1, 0.15) is 11.0 Å². The average Bonchev–Trinajstić information content (AvgIpc) is 3.38. The van der Waals surface area contributed by atoms with Gasteiger partial charge in [-0.3, -0.25) is 9.59 Å².